The van der Waals surface area contributed by atoms with Crippen LogP contribution in [0.2, 0.25) is 0 Å². The molecule has 0 saturated carbocycles. The summed E-state index contributed by atoms with van der Waals surface area (Å²) >= 11 is 5.28. The first kappa shape index (κ1) is 12.3. The number of esters is 1. The number of carbonyl (C=O) groups is 1. The number of ether oxygens (including phenoxy) is 1. The number of rotatable bonds is 5. The van der Waals surface area contributed by atoms with Crippen molar-refractivity contribution in [2.24, 2.45) is 5.92 Å². The zero-order valence-electron chi connectivity index (χ0n) is 8.29. The summed E-state index contributed by atoms with van der Waals surface area (Å²) in [4.78, 5) is 10.8. The van der Waals surface area contributed by atoms with Gasteiger partial charge in [-0.15, -0.1) is 0 Å². The first-order valence-electron chi connectivity index (χ1n) is 4.74. The molecule has 1 aliphatic heterocycles. The Bertz CT molecular complexity index is 186. The molecular formula is C9H16BrNO2S. The third kappa shape index (κ3) is 4.19. The van der Waals surface area contributed by atoms with Crippen molar-refractivity contribution in [2.45, 2.75) is 11.2 Å². The third-order valence-electron chi connectivity index (χ3n) is 2.24. The van der Waals surface area contributed by atoms with Crippen LogP contribution < -0.4 is 5.32 Å². The Kier molecular flexibility index (Phi) is 5.89. The monoisotopic (exact) mass is 281 g/mol. The molecule has 14 heavy (non-hydrogen) atoms. The summed E-state index contributed by atoms with van der Waals surface area (Å²) in [7, 11) is 1.41. The fourth-order valence-electron chi connectivity index (χ4n) is 1.37. The van der Waals surface area contributed by atoms with Gasteiger partial charge in [0.15, 0.2) is 0 Å². The number of thioether (sulfide) groups is 1. The molecule has 1 rings (SSSR count). The second kappa shape index (κ2) is 6.69. The second-order valence-corrected chi connectivity index (χ2v) is 5.63. The maximum absolute atomic E-state index is 11.0. The molecule has 0 aliphatic carbocycles. The number of hydrogen-bond donors (Lipinski definition) is 1. The molecule has 1 saturated heterocycles. The molecule has 82 valence electrons. The molecular weight excluding hydrogens is 266 g/mol. The Balaban J connectivity index is 2.05. The molecule has 1 heterocycles. The molecule has 0 aromatic heterocycles. The van der Waals surface area contributed by atoms with Crippen LogP contribution in [0.15, 0.2) is 0 Å². The van der Waals surface area contributed by atoms with E-state index in [9.17, 15) is 4.79 Å². The van der Waals surface area contributed by atoms with Crippen LogP contribution in [-0.4, -0.2) is 42.5 Å². The molecule has 3 nitrogen and oxygen atoms in total. The molecule has 1 aliphatic rings. The summed E-state index contributed by atoms with van der Waals surface area (Å²) < 4.78 is 4.60. The summed E-state index contributed by atoms with van der Waals surface area (Å²) in [6, 6.07) is 0. The van der Waals surface area contributed by atoms with Crippen LogP contribution in [0, 0.1) is 5.92 Å². The van der Waals surface area contributed by atoms with E-state index < -0.39 is 0 Å². The van der Waals surface area contributed by atoms with E-state index in [1.54, 1.807) is 0 Å². The predicted octanol–water partition coefficient (Wildman–Crippen LogP) is 1.27. The highest BCUT2D eigenvalue weighted by molar-refractivity contribution is 9.10. The van der Waals surface area contributed by atoms with Crippen molar-refractivity contribution >= 4 is 33.7 Å². The lowest BCUT2D eigenvalue weighted by Gasteiger charge is -2.12. The smallest absolute Gasteiger partial charge is 0.320 e. The number of nitrogens with one attached hydrogen (secondary N) is 1. The molecule has 1 N–H and O–H groups in total. The van der Waals surface area contributed by atoms with Crippen LogP contribution >= 0.6 is 27.7 Å². The summed E-state index contributed by atoms with van der Waals surface area (Å²) in [5, 5.41) is 3.28. The van der Waals surface area contributed by atoms with Crippen LogP contribution in [0.5, 0.6) is 0 Å². The first-order chi connectivity index (χ1) is 6.74. The average molecular weight is 282 g/mol. The van der Waals surface area contributed by atoms with E-state index in [1.807, 2.05) is 11.8 Å². The standard InChI is InChI=1S/C9H16BrNO2S/c1-13-9(12)8(10)5-11-4-7-2-3-14-6-7/h7-8,11H,2-6H2,1H3. The highest BCUT2D eigenvalue weighted by Gasteiger charge is 2.17. The Morgan fingerprint density at radius 3 is 3.14 bits per heavy atom. The number of methoxy groups -OCH3 is 1. The minimum absolute atomic E-state index is 0.210. The lowest BCUT2D eigenvalue weighted by atomic mass is 10.1. The molecule has 0 spiro atoms. The lowest BCUT2D eigenvalue weighted by molar-refractivity contribution is -0.139. The normalized spacial score (nSPS) is 23.4. The van der Waals surface area contributed by atoms with E-state index in [1.165, 1.54) is 25.0 Å². The Morgan fingerprint density at radius 2 is 2.57 bits per heavy atom. The van der Waals surface area contributed by atoms with E-state index in [4.69, 9.17) is 0 Å². The zero-order chi connectivity index (χ0) is 10.4. The van der Waals surface area contributed by atoms with Crippen LogP contribution in [0.1, 0.15) is 6.42 Å². The summed E-state index contributed by atoms with van der Waals surface area (Å²) in [5.41, 5.74) is 0. The molecule has 0 aromatic rings. The maximum Gasteiger partial charge on any atom is 0.320 e. The van der Waals surface area contributed by atoms with Crippen molar-refractivity contribution < 1.29 is 9.53 Å². The van der Waals surface area contributed by atoms with Crippen molar-refractivity contribution in [3.05, 3.63) is 0 Å². The summed E-state index contributed by atoms with van der Waals surface area (Å²) in [6.07, 6.45) is 1.29. The lowest BCUT2D eigenvalue weighted by Crippen LogP contribution is -2.32. The van der Waals surface area contributed by atoms with Gasteiger partial charge in [0.2, 0.25) is 0 Å². The van der Waals surface area contributed by atoms with E-state index in [2.05, 4.69) is 26.0 Å². The van der Waals surface area contributed by atoms with Gasteiger partial charge in [0, 0.05) is 6.54 Å². The van der Waals surface area contributed by atoms with Gasteiger partial charge in [-0.2, -0.15) is 11.8 Å². The van der Waals surface area contributed by atoms with Crippen LogP contribution in [0.3, 0.4) is 0 Å². The molecule has 0 bridgehead atoms. The van der Waals surface area contributed by atoms with Gasteiger partial charge in [0.05, 0.1) is 7.11 Å². The van der Waals surface area contributed by atoms with Gasteiger partial charge < -0.3 is 10.1 Å². The van der Waals surface area contributed by atoms with Gasteiger partial charge in [-0.05, 0) is 30.4 Å². The molecule has 0 amide bonds. The summed E-state index contributed by atoms with van der Waals surface area (Å²) in [5.74, 6) is 3.09. The minimum atomic E-state index is -0.221. The molecule has 1 fully saturated rings. The quantitative estimate of drug-likeness (QED) is 0.609. The second-order valence-electron chi connectivity index (χ2n) is 3.38. The molecule has 0 radical (unpaired) electrons. The highest BCUT2D eigenvalue weighted by atomic mass is 79.9. The third-order valence-corrected chi connectivity index (χ3v) is 4.17. The SMILES string of the molecule is COC(=O)C(Br)CNCC1CCSC1. The molecule has 0 aromatic carbocycles. The van der Waals surface area contributed by atoms with Crippen molar-refractivity contribution in [1.82, 2.24) is 5.32 Å². The Hall–Kier alpha value is 0.260. The van der Waals surface area contributed by atoms with Gasteiger partial charge in [0.25, 0.3) is 0 Å². The summed E-state index contributed by atoms with van der Waals surface area (Å²) in [6.45, 7) is 1.65. The average Bonchev–Trinajstić information content (AvgIpc) is 2.69. The van der Waals surface area contributed by atoms with Gasteiger partial charge in [-0.25, -0.2) is 0 Å². The van der Waals surface area contributed by atoms with Gasteiger partial charge in [0.1, 0.15) is 4.83 Å². The fraction of sp³-hybridized carbons (Fsp3) is 0.889. The van der Waals surface area contributed by atoms with Gasteiger partial charge in [-0.1, -0.05) is 15.9 Å². The van der Waals surface area contributed by atoms with Crippen LogP contribution in [-0.2, 0) is 9.53 Å². The number of carbonyl (C=O) groups excluding carboxylic acids is 1. The van der Waals surface area contributed by atoms with Gasteiger partial charge in [-0.3, -0.25) is 4.79 Å². The van der Waals surface area contributed by atoms with Crippen molar-refractivity contribution in [1.29, 1.82) is 0 Å². The Labute approximate surface area is 97.5 Å². The Morgan fingerprint density at radius 1 is 1.79 bits per heavy atom. The zero-order valence-corrected chi connectivity index (χ0v) is 10.7. The fourth-order valence-corrected chi connectivity index (χ4v) is 3.07. The molecule has 2 atom stereocenters. The topological polar surface area (TPSA) is 38.3 Å². The number of hydrogen-bond acceptors (Lipinski definition) is 4. The minimum Gasteiger partial charge on any atom is -0.468 e. The number of alkyl halides is 1. The molecule has 5 heteroatoms. The van der Waals surface area contributed by atoms with E-state index in [0.717, 1.165) is 12.5 Å². The molecule has 2 unspecified atom stereocenters. The van der Waals surface area contributed by atoms with E-state index >= 15 is 0 Å². The van der Waals surface area contributed by atoms with Crippen molar-refractivity contribution in [3.8, 4) is 0 Å². The first-order valence-corrected chi connectivity index (χ1v) is 6.81. The predicted molar refractivity (Wildman–Crippen MR) is 63.0 cm³/mol. The largest absolute Gasteiger partial charge is 0.468 e. The van der Waals surface area contributed by atoms with E-state index in [0.29, 0.717) is 6.54 Å². The number of halogens is 1. The van der Waals surface area contributed by atoms with Crippen LogP contribution in [0.4, 0.5) is 0 Å². The van der Waals surface area contributed by atoms with Crippen LogP contribution in [0.25, 0.3) is 0 Å². The van der Waals surface area contributed by atoms with Crippen molar-refractivity contribution in [2.75, 3.05) is 31.7 Å². The highest BCUT2D eigenvalue weighted by Crippen LogP contribution is 2.22. The van der Waals surface area contributed by atoms with Crippen molar-refractivity contribution in [3.63, 3.8) is 0 Å². The van der Waals surface area contributed by atoms with Gasteiger partial charge >= 0.3 is 5.97 Å². The maximum atomic E-state index is 11.0. The van der Waals surface area contributed by atoms with E-state index in [-0.39, 0.29) is 10.8 Å².